The minimum atomic E-state index is -0.0590. The molecule has 1 amide bonds. The van der Waals surface area contributed by atoms with Gasteiger partial charge >= 0.3 is 0 Å². The monoisotopic (exact) mass is 380 g/mol. The molecule has 0 saturated heterocycles. The Kier molecular flexibility index (Phi) is 6.89. The summed E-state index contributed by atoms with van der Waals surface area (Å²) in [6.07, 6.45) is 0.999. The van der Waals surface area contributed by atoms with Gasteiger partial charge in [0.2, 0.25) is 0 Å². The maximum atomic E-state index is 12.0. The van der Waals surface area contributed by atoms with E-state index >= 15 is 0 Å². The molecule has 148 valence electrons. The van der Waals surface area contributed by atoms with Gasteiger partial charge in [0.15, 0.2) is 5.96 Å². The minimum absolute atomic E-state index is 0.0590. The topological polar surface area (TPSA) is 74.8 Å². The number of ether oxygens (including phenoxy) is 1. The molecule has 0 bridgehead atoms. The number of amides is 1. The molecule has 6 heteroatoms. The second kappa shape index (κ2) is 9.78. The van der Waals surface area contributed by atoms with Crippen molar-refractivity contribution in [2.24, 2.45) is 4.99 Å². The zero-order chi connectivity index (χ0) is 19.8. The third-order valence-electron chi connectivity index (χ3n) is 4.50. The van der Waals surface area contributed by atoms with Crippen LogP contribution in [0.25, 0.3) is 0 Å². The maximum absolute atomic E-state index is 12.0. The molecule has 0 spiro atoms. The summed E-state index contributed by atoms with van der Waals surface area (Å²) in [6, 6.07) is 15.7. The lowest BCUT2D eigenvalue weighted by Gasteiger charge is -2.15. The van der Waals surface area contributed by atoms with E-state index in [1.807, 2.05) is 56.3 Å². The van der Waals surface area contributed by atoms with Crippen LogP contribution in [0.5, 0.6) is 5.75 Å². The summed E-state index contributed by atoms with van der Waals surface area (Å²) >= 11 is 0. The second-order valence-corrected chi connectivity index (χ2v) is 6.69. The molecule has 0 aliphatic carbocycles. The summed E-state index contributed by atoms with van der Waals surface area (Å²) in [5, 5.41) is 9.44. The summed E-state index contributed by atoms with van der Waals surface area (Å²) in [4.78, 5) is 16.6. The van der Waals surface area contributed by atoms with E-state index in [1.54, 1.807) is 0 Å². The molecule has 1 unspecified atom stereocenters. The number of carbonyl (C=O) groups is 1. The van der Waals surface area contributed by atoms with Crippen molar-refractivity contribution >= 4 is 11.9 Å². The molecule has 6 nitrogen and oxygen atoms in total. The van der Waals surface area contributed by atoms with Gasteiger partial charge in [-0.2, -0.15) is 0 Å². The zero-order valence-electron chi connectivity index (χ0n) is 16.5. The predicted octanol–water partition coefficient (Wildman–Crippen LogP) is 2.50. The van der Waals surface area contributed by atoms with Crippen molar-refractivity contribution in [3.8, 4) is 5.75 Å². The normalized spacial score (nSPS) is 15.5. The number of carbonyl (C=O) groups excluding carboxylic acids is 1. The number of aliphatic imine (C=N–C) groups is 1. The second-order valence-electron chi connectivity index (χ2n) is 6.69. The molecular weight excluding hydrogens is 352 g/mol. The van der Waals surface area contributed by atoms with Gasteiger partial charge in [-0.05, 0) is 43.2 Å². The highest BCUT2D eigenvalue weighted by atomic mass is 16.5. The van der Waals surface area contributed by atoms with Gasteiger partial charge in [0.05, 0.1) is 13.1 Å². The fourth-order valence-electron chi connectivity index (χ4n) is 3.16. The molecule has 0 radical (unpaired) electrons. The van der Waals surface area contributed by atoms with Gasteiger partial charge in [-0.1, -0.05) is 30.3 Å². The van der Waals surface area contributed by atoms with Crippen molar-refractivity contribution in [3.63, 3.8) is 0 Å². The molecular formula is C22H28N4O2. The summed E-state index contributed by atoms with van der Waals surface area (Å²) in [6.45, 7) is 6.51. The van der Waals surface area contributed by atoms with Crippen LogP contribution in [0, 0.1) is 0 Å². The molecule has 0 saturated carbocycles. The lowest BCUT2D eigenvalue weighted by Crippen LogP contribution is -2.42. The van der Waals surface area contributed by atoms with Crippen LogP contribution in [-0.2, 0) is 13.0 Å². The fourth-order valence-corrected chi connectivity index (χ4v) is 3.16. The average Bonchev–Trinajstić information content (AvgIpc) is 3.13. The van der Waals surface area contributed by atoms with Gasteiger partial charge in [0.25, 0.3) is 5.91 Å². The van der Waals surface area contributed by atoms with Crippen LogP contribution in [-0.4, -0.2) is 37.6 Å². The number of rotatable bonds is 7. The van der Waals surface area contributed by atoms with Crippen LogP contribution in [0.4, 0.5) is 0 Å². The molecule has 28 heavy (non-hydrogen) atoms. The van der Waals surface area contributed by atoms with Crippen LogP contribution in [0.15, 0.2) is 53.5 Å². The largest absolute Gasteiger partial charge is 0.488 e. The van der Waals surface area contributed by atoms with E-state index in [0.717, 1.165) is 30.2 Å². The molecule has 1 atom stereocenters. The van der Waals surface area contributed by atoms with E-state index in [-0.39, 0.29) is 12.0 Å². The molecule has 2 aromatic rings. The quantitative estimate of drug-likeness (QED) is 0.510. The lowest BCUT2D eigenvalue weighted by atomic mass is 10.1. The molecule has 3 N–H and O–H groups in total. The van der Waals surface area contributed by atoms with Crippen molar-refractivity contribution < 1.29 is 9.53 Å². The lowest BCUT2D eigenvalue weighted by molar-refractivity contribution is 0.0955. The number of para-hydroxylation sites is 1. The highest BCUT2D eigenvalue weighted by molar-refractivity contribution is 5.94. The number of fused-ring (bicyclic) bond motifs is 1. The average molecular weight is 380 g/mol. The smallest absolute Gasteiger partial charge is 0.251 e. The highest BCUT2D eigenvalue weighted by Gasteiger charge is 2.22. The van der Waals surface area contributed by atoms with E-state index in [0.29, 0.717) is 25.2 Å². The Morgan fingerprint density at radius 2 is 1.89 bits per heavy atom. The van der Waals surface area contributed by atoms with Crippen LogP contribution in [0.2, 0.25) is 0 Å². The van der Waals surface area contributed by atoms with Crippen molar-refractivity contribution in [2.75, 3.05) is 19.6 Å². The first-order chi connectivity index (χ1) is 13.7. The Morgan fingerprint density at radius 3 is 2.68 bits per heavy atom. The summed E-state index contributed by atoms with van der Waals surface area (Å²) in [5.41, 5.74) is 2.90. The molecule has 0 aromatic heterocycles. The van der Waals surface area contributed by atoms with Crippen molar-refractivity contribution in [1.29, 1.82) is 0 Å². The Balaban J connectivity index is 1.57. The SMILES string of the molecule is CCNC(=O)c1cccc(CN=C(NCC)NCC2Cc3ccccc3O2)c1. The summed E-state index contributed by atoms with van der Waals surface area (Å²) in [7, 11) is 0. The zero-order valence-corrected chi connectivity index (χ0v) is 16.5. The molecule has 3 rings (SSSR count). The van der Waals surface area contributed by atoms with Crippen molar-refractivity contribution in [1.82, 2.24) is 16.0 Å². The van der Waals surface area contributed by atoms with Crippen molar-refractivity contribution in [2.45, 2.75) is 32.9 Å². The van der Waals surface area contributed by atoms with E-state index in [9.17, 15) is 4.79 Å². The number of hydrogen-bond acceptors (Lipinski definition) is 3. The van der Waals surface area contributed by atoms with Gasteiger partial charge in [-0.25, -0.2) is 4.99 Å². The summed E-state index contributed by atoms with van der Waals surface area (Å²) in [5.74, 6) is 1.65. The van der Waals surface area contributed by atoms with Crippen molar-refractivity contribution in [3.05, 3.63) is 65.2 Å². The minimum Gasteiger partial charge on any atom is -0.488 e. The van der Waals surface area contributed by atoms with E-state index < -0.39 is 0 Å². The number of nitrogens with one attached hydrogen (secondary N) is 3. The van der Waals surface area contributed by atoms with E-state index in [2.05, 4.69) is 27.0 Å². The Bertz CT molecular complexity index is 810. The van der Waals surface area contributed by atoms with E-state index in [4.69, 9.17) is 4.74 Å². The fraction of sp³-hybridized carbons (Fsp3) is 0.364. The van der Waals surface area contributed by atoms with Crippen LogP contribution in [0.3, 0.4) is 0 Å². The number of hydrogen-bond donors (Lipinski definition) is 3. The van der Waals surface area contributed by atoms with Gasteiger partial charge in [0, 0.05) is 25.1 Å². The standard InChI is InChI=1S/C22H28N4O2/c1-3-23-21(27)18-10-7-8-16(12-18)14-25-22(24-4-2)26-15-19-13-17-9-5-6-11-20(17)28-19/h5-12,19H,3-4,13-15H2,1-2H3,(H,23,27)(H2,24,25,26). The van der Waals surface area contributed by atoms with Crippen LogP contribution < -0.4 is 20.7 Å². The first kappa shape index (κ1) is 19.7. The third-order valence-corrected chi connectivity index (χ3v) is 4.50. The molecule has 1 aliphatic heterocycles. The number of nitrogens with zero attached hydrogens (tertiary/aromatic N) is 1. The van der Waals surface area contributed by atoms with Gasteiger partial charge in [-0.3, -0.25) is 4.79 Å². The number of benzene rings is 2. The molecule has 1 aliphatic rings. The van der Waals surface area contributed by atoms with Crippen LogP contribution in [0.1, 0.15) is 35.3 Å². The van der Waals surface area contributed by atoms with Gasteiger partial charge in [0.1, 0.15) is 11.9 Å². The van der Waals surface area contributed by atoms with Gasteiger partial charge < -0.3 is 20.7 Å². The maximum Gasteiger partial charge on any atom is 0.251 e. The van der Waals surface area contributed by atoms with E-state index in [1.165, 1.54) is 5.56 Å². The van der Waals surface area contributed by atoms with Gasteiger partial charge in [-0.15, -0.1) is 0 Å². The highest BCUT2D eigenvalue weighted by Crippen LogP contribution is 2.27. The first-order valence-electron chi connectivity index (χ1n) is 9.83. The van der Waals surface area contributed by atoms with Crippen LogP contribution >= 0.6 is 0 Å². The molecule has 2 aromatic carbocycles. The Labute approximate surface area is 166 Å². The summed E-state index contributed by atoms with van der Waals surface area (Å²) < 4.78 is 5.97. The predicted molar refractivity (Wildman–Crippen MR) is 112 cm³/mol. The first-order valence-corrected chi connectivity index (χ1v) is 9.83. The number of guanidine groups is 1. The Morgan fingerprint density at radius 1 is 1.07 bits per heavy atom. The Hall–Kier alpha value is -3.02. The molecule has 1 heterocycles. The molecule has 0 fully saturated rings. The third kappa shape index (κ3) is 5.25.